The maximum absolute atomic E-state index is 5.99. The van der Waals surface area contributed by atoms with Gasteiger partial charge in [0.15, 0.2) is 5.65 Å². The molecule has 0 bridgehead atoms. The number of aryl methyl sites for hydroxylation is 2. The second kappa shape index (κ2) is 4.60. The normalized spacial score (nSPS) is 13.4. The summed E-state index contributed by atoms with van der Waals surface area (Å²) in [5, 5.41) is 4.98. The smallest absolute Gasteiger partial charge is 0.202 e. The van der Waals surface area contributed by atoms with Gasteiger partial charge in [0.1, 0.15) is 5.52 Å². The Kier molecular flexibility index (Phi) is 3.33. The number of nitrogens with zero attached hydrogens (tertiary/aromatic N) is 4. The minimum Gasteiger partial charge on any atom is -0.369 e. The van der Waals surface area contributed by atoms with E-state index in [9.17, 15) is 0 Å². The summed E-state index contributed by atoms with van der Waals surface area (Å²) in [7, 11) is 1.95. The first-order chi connectivity index (χ1) is 8.08. The Morgan fingerprint density at radius 2 is 2.18 bits per heavy atom. The molecule has 0 amide bonds. The fraction of sp³-hybridized carbons (Fsp3) is 0.636. The molecule has 1 atom stereocenters. The van der Waals surface area contributed by atoms with Crippen LogP contribution in [0.15, 0.2) is 0 Å². The van der Waals surface area contributed by atoms with Gasteiger partial charge in [0.2, 0.25) is 5.95 Å². The lowest BCUT2D eigenvalue weighted by Crippen LogP contribution is -2.13. The van der Waals surface area contributed by atoms with Gasteiger partial charge in [0.05, 0.1) is 5.69 Å². The van der Waals surface area contributed by atoms with E-state index in [0.717, 1.165) is 29.8 Å². The van der Waals surface area contributed by atoms with Crippen molar-refractivity contribution >= 4 is 28.9 Å². The van der Waals surface area contributed by atoms with Gasteiger partial charge >= 0.3 is 0 Å². The molecule has 0 aliphatic rings. The Hall–Kier alpha value is -1.17. The van der Waals surface area contributed by atoms with Gasteiger partial charge in [-0.05, 0) is 12.7 Å². The highest BCUT2D eigenvalue weighted by molar-refractivity contribution is 7.99. The lowest BCUT2D eigenvalue weighted by atomic mass is 10.3. The molecule has 94 valence electrons. The van der Waals surface area contributed by atoms with Crippen molar-refractivity contribution in [1.82, 2.24) is 19.3 Å². The largest absolute Gasteiger partial charge is 0.369 e. The molecule has 2 aromatic heterocycles. The summed E-state index contributed by atoms with van der Waals surface area (Å²) in [6.45, 7) is 5.14. The Bertz CT molecular complexity index is 527. The van der Waals surface area contributed by atoms with Crippen LogP contribution in [0.4, 0.5) is 5.95 Å². The maximum Gasteiger partial charge on any atom is 0.202 e. The van der Waals surface area contributed by atoms with Crippen LogP contribution >= 0.6 is 11.8 Å². The van der Waals surface area contributed by atoms with Crippen molar-refractivity contribution in [3.05, 3.63) is 5.69 Å². The SMILES string of the molecule is CCc1nn(C)c2c1nc(N)n2CC(C)SC. The van der Waals surface area contributed by atoms with Crippen LogP contribution < -0.4 is 5.73 Å². The molecule has 0 saturated heterocycles. The van der Waals surface area contributed by atoms with E-state index in [4.69, 9.17) is 5.73 Å². The van der Waals surface area contributed by atoms with Gasteiger partial charge in [0, 0.05) is 18.8 Å². The van der Waals surface area contributed by atoms with E-state index in [2.05, 4.69) is 34.8 Å². The third-order valence-corrected chi connectivity index (χ3v) is 3.95. The Balaban J connectivity index is 2.54. The molecule has 5 nitrogen and oxygen atoms in total. The highest BCUT2D eigenvalue weighted by atomic mass is 32.2. The molecule has 0 saturated carbocycles. The monoisotopic (exact) mass is 253 g/mol. The van der Waals surface area contributed by atoms with Crippen LogP contribution in [0, 0.1) is 0 Å². The van der Waals surface area contributed by atoms with Crippen molar-refractivity contribution in [2.75, 3.05) is 12.0 Å². The van der Waals surface area contributed by atoms with Gasteiger partial charge in [-0.15, -0.1) is 0 Å². The predicted octanol–water partition coefficient (Wildman–Crippen LogP) is 1.67. The zero-order valence-corrected chi connectivity index (χ0v) is 11.6. The number of hydrogen-bond acceptors (Lipinski definition) is 4. The predicted molar refractivity (Wildman–Crippen MR) is 73.3 cm³/mol. The van der Waals surface area contributed by atoms with Crippen LogP contribution in [0.2, 0.25) is 0 Å². The molecule has 17 heavy (non-hydrogen) atoms. The highest BCUT2D eigenvalue weighted by Gasteiger charge is 2.17. The molecule has 0 aliphatic heterocycles. The van der Waals surface area contributed by atoms with Gasteiger partial charge < -0.3 is 5.73 Å². The number of nitrogens with two attached hydrogens (primary N) is 1. The van der Waals surface area contributed by atoms with E-state index in [1.807, 2.05) is 23.5 Å². The van der Waals surface area contributed by atoms with Crippen LogP contribution in [-0.2, 0) is 20.0 Å². The first kappa shape index (κ1) is 12.3. The molecule has 0 fully saturated rings. The Labute approximate surface area is 105 Å². The van der Waals surface area contributed by atoms with Crippen LogP contribution in [0.3, 0.4) is 0 Å². The Morgan fingerprint density at radius 3 is 2.76 bits per heavy atom. The van der Waals surface area contributed by atoms with Crippen molar-refractivity contribution in [2.45, 2.75) is 32.1 Å². The van der Waals surface area contributed by atoms with E-state index in [1.165, 1.54) is 0 Å². The zero-order chi connectivity index (χ0) is 12.6. The topological polar surface area (TPSA) is 61.7 Å². The molecule has 0 radical (unpaired) electrons. The average Bonchev–Trinajstić information content (AvgIpc) is 2.78. The maximum atomic E-state index is 5.99. The first-order valence-corrected chi connectivity index (χ1v) is 7.07. The molecule has 6 heteroatoms. The third-order valence-electron chi connectivity index (χ3n) is 3.00. The van der Waals surface area contributed by atoms with Gasteiger partial charge in [-0.25, -0.2) is 4.98 Å². The molecule has 2 heterocycles. The number of fused-ring (bicyclic) bond motifs is 1. The Morgan fingerprint density at radius 1 is 1.47 bits per heavy atom. The van der Waals surface area contributed by atoms with Crippen molar-refractivity contribution < 1.29 is 0 Å². The molecule has 2 rings (SSSR count). The second-order valence-electron chi connectivity index (χ2n) is 4.22. The number of aromatic nitrogens is 4. The summed E-state index contributed by atoms with van der Waals surface area (Å²) < 4.78 is 3.94. The molecule has 2 N–H and O–H groups in total. The zero-order valence-electron chi connectivity index (χ0n) is 10.8. The molecule has 0 aliphatic carbocycles. The molecule has 1 unspecified atom stereocenters. The van der Waals surface area contributed by atoms with Gasteiger partial charge in [0.25, 0.3) is 0 Å². The summed E-state index contributed by atoms with van der Waals surface area (Å²) in [5.74, 6) is 0.587. The summed E-state index contributed by atoms with van der Waals surface area (Å²) in [6, 6.07) is 0. The minimum absolute atomic E-state index is 0.509. The van der Waals surface area contributed by atoms with Crippen LogP contribution in [0.5, 0.6) is 0 Å². The first-order valence-electron chi connectivity index (χ1n) is 5.78. The third kappa shape index (κ3) is 2.01. The summed E-state index contributed by atoms with van der Waals surface area (Å²) in [6.07, 6.45) is 2.99. The molecular weight excluding hydrogens is 234 g/mol. The van der Waals surface area contributed by atoms with E-state index >= 15 is 0 Å². The molecule has 0 spiro atoms. The van der Waals surface area contributed by atoms with Crippen LogP contribution in [0.1, 0.15) is 19.5 Å². The van der Waals surface area contributed by atoms with Gasteiger partial charge in [-0.2, -0.15) is 16.9 Å². The molecule has 2 aromatic rings. The lowest BCUT2D eigenvalue weighted by molar-refractivity contribution is 0.674. The molecule has 0 aromatic carbocycles. The second-order valence-corrected chi connectivity index (χ2v) is 5.50. The number of rotatable bonds is 4. The van der Waals surface area contributed by atoms with Crippen molar-refractivity contribution in [3.8, 4) is 0 Å². The van der Waals surface area contributed by atoms with Gasteiger partial charge in [-0.1, -0.05) is 13.8 Å². The average molecular weight is 253 g/mol. The number of thioether (sulfide) groups is 1. The number of imidazole rings is 1. The number of nitrogen functional groups attached to an aromatic ring is 1. The standard InChI is InChI=1S/C11H19N5S/c1-5-8-9-10(15(3)14-8)16(11(12)13-9)6-7(2)17-4/h7H,5-6H2,1-4H3,(H2,12,13). The number of anilines is 1. The number of hydrogen-bond donors (Lipinski definition) is 1. The van der Waals surface area contributed by atoms with Crippen molar-refractivity contribution in [2.24, 2.45) is 7.05 Å². The van der Waals surface area contributed by atoms with E-state index in [-0.39, 0.29) is 0 Å². The van der Waals surface area contributed by atoms with E-state index < -0.39 is 0 Å². The van der Waals surface area contributed by atoms with Crippen molar-refractivity contribution in [1.29, 1.82) is 0 Å². The lowest BCUT2D eigenvalue weighted by Gasteiger charge is -2.11. The summed E-state index contributed by atoms with van der Waals surface area (Å²) in [4.78, 5) is 4.44. The summed E-state index contributed by atoms with van der Waals surface area (Å²) in [5.41, 5.74) is 8.99. The van der Waals surface area contributed by atoms with Crippen LogP contribution in [0.25, 0.3) is 11.2 Å². The quantitative estimate of drug-likeness (QED) is 0.900. The fourth-order valence-corrected chi connectivity index (χ4v) is 2.31. The molecular formula is C11H19N5S. The van der Waals surface area contributed by atoms with E-state index in [0.29, 0.717) is 11.2 Å². The van der Waals surface area contributed by atoms with Gasteiger partial charge in [-0.3, -0.25) is 9.25 Å². The van der Waals surface area contributed by atoms with E-state index in [1.54, 1.807) is 0 Å². The summed E-state index contributed by atoms with van der Waals surface area (Å²) >= 11 is 1.82. The van der Waals surface area contributed by atoms with Crippen LogP contribution in [-0.4, -0.2) is 30.8 Å². The minimum atomic E-state index is 0.509. The fourth-order valence-electron chi connectivity index (χ4n) is 2.01. The van der Waals surface area contributed by atoms with Crippen molar-refractivity contribution in [3.63, 3.8) is 0 Å². The highest BCUT2D eigenvalue weighted by Crippen LogP contribution is 2.23.